The van der Waals surface area contributed by atoms with Gasteiger partial charge in [0, 0.05) is 0 Å². The van der Waals surface area contributed by atoms with Gasteiger partial charge in [-0.25, -0.2) is 4.79 Å². The highest BCUT2D eigenvalue weighted by atomic mass is 16.4. The van der Waals surface area contributed by atoms with E-state index in [1.807, 2.05) is 0 Å². The van der Waals surface area contributed by atoms with Crippen LogP contribution in [0.1, 0.15) is 46.0 Å². The summed E-state index contributed by atoms with van der Waals surface area (Å²) in [6.45, 7) is 3.04. The molecule has 0 spiro atoms. The van der Waals surface area contributed by atoms with Crippen LogP contribution in [-0.2, 0) is 24.0 Å². The van der Waals surface area contributed by atoms with Gasteiger partial charge in [-0.15, -0.1) is 0 Å². The number of carboxylic acid groups (broad SMARTS) is 2. The van der Waals surface area contributed by atoms with Crippen molar-refractivity contribution in [2.75, 3.05) is 13.2 Å². The average Bonchev–Trinajstić information content (AvgIpc) is 2.74. The number of rotatable bonds is 16. The summed E-state index contributed by atoms with van der Waals surface area (Å²) in [5.41, 5.74) is 10.8. The van der Waals surface area contributed by atoms with Crippen LogP contribution >= 0.6 is 0 Å². The molecular weight excluding hydrogens is 426 g/mol. The second-order valence-electron chi connectivity index (χ2n) is 7.50. The van der Waals surface area contributed by atoms with Crippen LogP contribution in [0.2, 0.25) is 0 Å². The van der Waals surface area contributed by atoms with Crippen LogP contribution < -0.4 is 27.4 Å². The van der Waals surface area contributed by atoms with Gasteiger partial charge in [-0.1, -0.05) is 20.3 Å². The minimum Gasteiger partial charge on any atom is -0.481 e. The van der Waals surface area contributed by atoms with E-state index in [9.17, 15) is 29.1 Å². The molecule has 3 amide bonds. The van der Waals surface area contributed by atoms with E-state index < -0.39 is 66.9 Å². The number of nitrogens with two attached hydrogens (primary N) is 2. The van der Waals surface area contributed by atoms with Gasteiger partial charge in [-0.05, 0) is 31.7 Å². The predicted molar refractivity (Wildman–Crippen MR) is 113 cm³/mol. The highest BCUT2D eigenvalue weighted by molar-refractivity contribution is 5.95. The molecule has 5 unspecified atom stereocenters. The molecular formula is C19H35N5O8. The van der Waals surface area contributed by atoms with Crippen molar-refractivity contribution >= 4 is 29.7 Å². The number of carboxylic acids is 2. The van der Waals surface area contributed by atoms with Crippen molar-refractivity contribution in [1.29, 1.82) is 0 Å². The Balaban J connectivity index is 5.53. The van der Waals surface area contributed by atoms with E-state index in [-0.39, 0.29) is 12.3 Å². The number of nitrogens with one attached hydrogen (secondary N) is 3. The first kappa shape index (κ1) is 29.2. The number of carbonyl (C=O) groups is 5. The summed E-state index contributed by atoms with van der Waals surface area (Å²) < 4.78 is 0. The summed E-state index contributed by atoms with van der Waals surface area (Å²) in [6, 6.07) is -5.29. The molecule has 0 aliphatic carbocycles. The zero-order valence-electron chi connectivity index (χ0n) is 18.4. The van der Waals surface area contributed by atoms with Crippen molar-refractivity contribution < 1.29 is 39.3 Å². The summed E-state index contributed by atoms with van der Waals surface area (Å²) >= 11 is 0. The third kappa shape index (κ3) is 10.5. The van der Waals surface area contributed by atoms with Gasteiger partial charge in [0.25, 0.3) is 0 Å². The molecule has 0 aliphatic rings. The molecule has 0 heterocycles. The summed E-state index contributed by atoms with van der Waals surface area (Å²) in [5, 5.41) is 34.3. The Morgan fingerprint density at radius 2 is 1.47 bits per heavy atom. The Morgan fingerprint density at radius 1 is 0.906 bits per heavy atom. The Hall–Kier alpha value is -2.77. The van der Waals surface area contributed by atoms with Gasteiger partial charge in [-0.2, -0.15) is 0 Å². The molecule has 0 rings (SSSR count). The first-order valence-electron chi connectivity index (χ1n) is 10.4. The van der Waals surface area contributed by atoms with E-state index in [1.54, 1.807) is 13.8 Å². The molecule has 0 aromatic heterocycles. The van der Waals surface area contributed by atoms with E-state index in [2.05, 4.69) is 16.0 Å². The number of amides is 3. The minimum absolute atomic E-state index is 0.117. The predicted octanol–water partition coefficient (Wildman–Crippen LogP) is -2.51. The van der Waals surface area contributed by atoms with Crippen molar-refractivity contribution in [3.63, 3.8) is 0 Å². The van der Waals surface area contributed by atoms with Crippen LogP contribution in [0, 0.1) is 5.92 Å². The molecule has 0 saturated heterocycles. The first-order valence-corrected chi connectivity index (χ1v) is 10.4. The average molecular weight is 462 g/mol. The highest BCUT2D eigenvalue weighted by Crippen LogP contribution is 2.10. The third-order valence-electron chi connectivity index (χ3n) is 4.90. The quantitative estimate of drug-likeness (QED) is 0.112. The van der Waals surface area contributed by atoms with E-state index in [0.29, 0.717) is 25.8 Å². The fourth-order valence-corrected chi connectivity index (χ4v) is 2.72. The summed E-state index contributed by atoms with van der Waals surface area (Å²) in [6.07, 6.45) is 0.775. The lowest BCUT2D eigenvalue weighted by atomic mass is 9.98. The van der Waals surface area contributed by atoms with Gasteiger partial charge in [0.1, 0.15) is 24.2 Å². The van der Waals surface area contributed by atoms with Crippen LogP contribution in [0.15, 0.2) is 0 Å². The van der Waals surface area contributed by atoms with Crippen LogP contribution in [0.3, 0.4) is 0 Å². The molecule has 13 heteroatoms. The Bertz CT molecular complexity index is 660. The lowest BCUT2D eigenvalue weighted by molar-refractivity contribution is -0.144. The SMILES string of the molecule is CCC(C)C(NC(=O)C(CCCCN)NC(=O)C(CC(=O)O)NC(=O)C(N)CO)C(=O)O. The molecule has 0 aliphatic heterocycles. The molecule has 13 nitrogen and oxygen atoms in total. The smallest absolute Gasteiger partial charge is 0.326 e. The maximum absolute atomic E-state index is 12.8. The second-order valence-corrected chi connectivity index (χ2v) is 7.50. The Kier molecular flexibility index (Phi) is 13.8. The summed E-state index contributed by atoms with van der Waals surface area (Å²) in [5.74, 6) is -5.66. The first-order chi connectivity index (χ1) is 15.0. The summed E-state index contributed by atoms with van der Waals surface area (Å²) in [4.78, 5) is 60.0. The standard InChI is InChI=1S/C19H35N5O8/c1-3-10(2)15(19(31)32)24-17(29)12(6-4-5-7-20)22-18(30)13(8-14(26)27)23-16(28)11(21)9-25/h10-13,15,25H,3-9,20-21H2,1-2H3,(H,22,30)(H,23,28)(H,24,29)(H,26,27)(H,31,32). The maximum Gasteiger partial charge on any atom is 0.326 e. The number of unbranched alkanes of at least 4 members (excludes halogenated alkanes) is 1. The molecule has 0 fully saturated rings. The third-order valence-corrected chi connectivity index (χ3v) is 4.90. The molecule has 0 aromatic carbocycles. The van der Waals surface area contributed by atoms with Gasteiger partial charge in [0.05, 0.1) is 13.0 Å². The van der Waals surface area contributed by atoms with E-state index >= 15 is 0 Å². The van der Waals surface area contributed by atoms with Gasteiger partial charge >= 0.3 is 11.9 Å². The molecule has 5 atom stereocenters. The van der Waals surface area contributed by atoms with Crippen LogP contribution in [0.5, 0.6) is 0 Å². The van der Waals surface area contributed by atoms with Crippen molar-refractivity contribution in [3.8, 4) is 0 Å². The fourth-order valence-electron chi connectivity index (χ4n) is 2.72. The van der Waals surface area contributed by atoms with Crippen LogP contribution in [0.25, 0.3) is 0 Å². The zero-order chi connectivity index (χ0) is 24.8. The molecule has 32 heavy (non-hydrogen) atoms. The topological polar surface area (TPSA) is 234 Å². The van der Waals surface area contributed by atoms with E-state index in [0.717, 1.165) is 0 Å². The molecule has 0 bridgehead atoms. The molecule has 10 N–H and O–H groups in total. The Labute approximate surface area is 186 Å². The number of aliphatic hydroxyl groups is 1. The molecule has 184 valence electrons. The number of carbonyl (C=O) groups excluding carboxylic acids is 3. The highest BCUT2D eigenvalue weighted by Gasteiger charge is 2.32. The lowest BCUT2D eigenvalue weighted by Gasteiger charge is -2.26. The molecule has 0 saturated carbocycles. The summed E-state index contributed by atoms with van der Waals surface area (Å²) in [7, 11) is 0. The number of aliphatic hydroxyl groups excluding tert-OH is 1. The van der Waals surface area contributed by atoms with Gasteiger partial charge in [-0.3, -0.25) is 19.2 Å². The second kappa shape index (κ2) is 15.1. The van der Waals surface area contributed by atoms with Crippen molar-refractivity contribution in [2.45, 2.75) is 70.1 Å². The Morgan fingerprint density at radius 3 is 1.94 bits per heavy atom. The molecule has 0 aromatic rings. The minimum atomic E-state index is -1.56. The van der Waals surface area contributed by atoms with Crippen LogP contribution in [-0.4, -0.2) is 82.3 Å². The number of hydrogen-bond donors (Lipinski definition) is 8. The van der Waals surface area contributed by atoms with E-state index in [4.69, 9.17) is 21.7 Å². The zero-order valence-corrected chi connectivity index (χ0v) is 18.4. The lowest BCUT2D eigenvalue weighted by Crippen LogP contribution is -2.58. The number of hydrogen-bond acceptors (Lipinski definition) is 8. The van der Waals surface area contributed by atoms with Gasteiger partial charge in [0.15, 0.2) is 0 Å². The monoisotopic (exact) mass is 461 g/mol. The number of aliphatic carboxylic acids is 2. The van der Waals surface area contributed by atoms with Gasteiger partial charge in [0.2, 0.25) is 17.7 Å². The van der Waals surface area contributed by atoms with Crippen molar-refractivity contribution in [1.82, 2.24) is 16.0 Å². The van der Waals surface area contributed by atoms with Crippen LogP contribution in [0.4, 0.5) is 0 Å². The normalized spacial score (nSPS) is 15.5. The van der Waals surface area contributed by atoms with Crippen molar-refractivity contribution in [3.05, 3.63) is 0 Å². The van der Waals surface area contributed by atoms with Crippen molar-refractivity contribution in [2.24, 2.45) is 17.4 Å². The maximum atomic E-state index is 12.8. The molecule has 0 radical (unpaired) electrons. The fraction of sp³-hybridized carbons (Fsp3) is 0.737. The van der Waals surface area contributed by atoms with Gasteiger partial charge < -0.3 is 42.7 Å². The van der Waals surface area contributed by atoms with E-state index in [1.165, 1.54) is 0 Å². The largest absolute Gasteiger partial charge is 0.481 e.